The monoisotopic (exact) mass is 328 g/mol. The predicted molar refractivity (Wildman–Crippen MR) is 102 cm³/mol. The van der Waals surface area contributed by atoms with Gasteiger partial charge in [-0.2, -0.15) is 0 Å². The average Bonchev–Trinajstić information content (AvgIpc) is 3.28. The van der Waals surface area contributed by atoms with Crippen LogP contribution in [-0.2, 0) is 9.59 Å². The molecule has 1 saturated carbocycles. The van der Waals surface area contributed by atoms with Crippen molar-refractivity contribution in [1.82, 2.24) is 0 Å². The molecule has 2 bridgehead atoms. The van der Waals surface area contributed by atoms with Crippen LogP contribution in [0, 0.1) is 23.2 Å². The molecule has 0 aliphatic heterocycles. The van der Waals surface area contributed by atoms with Gasteiger partial charge in [-0.25, -0.2) is 0 Å². The number of fused-ring (bicyclic) bond motifs is 2. The Morgan fingerprint density at radius 3 is 1.88 bits per heavy atom. The van der Waals surface area contributed by atoms with E-state index >= 15 is 0 Å². The number of ketones is 2. The maximum absolute atomic E-state index is 11.5. The molecule has 1 fully saturated rings. The zero-order chi connectivity index (χ0) is 18.3. The van der Waals surface area contributed by atoms with Gasteiger partial charge in [0.25, 0.3) is 0 Å². The first-order valence-corrected chi connectivity index (χ1v) is 8.90. The maximum Gasteiger partial charge on any atom is 0.155 e. The minimum Gasteiger partial charge on any atom is -0.299 e. The van der Waals surface area contributed by atoms with E-state index in [1.807, 2.05) is 19.9 Å². The van der Waals surface area contributed by atoms with Gasteiger partial charge in [-0.1, -0.05) is 56.4 Å². The number of allylic oxidation sites excluding steroid dienone is 8. The molecule has 3 rings (SSSR count). The zero-order valence-corrected chi connectivity index (χ0v) is 16.0. The summed E-state index contributed by atoms with van der Waals surface area (Å²) in [6.45, 7) is 11.3. The normalized spacial score (nSPS) is 32.1. The first-order chi connectivity index (χ1) is 11.2. The third kappa shape index (κ3) is 4.66. The molecule has 3 aliphatic rings. The molecule has 3 aliphatic carbocycles. The number of Topliss-reactive ketones (excluding diaryl/α,β-unsaturated/α-hetero) is 2. The van der Waals surface area contributed by atoms with E-state index in [9.17, 15) is 9.59 Å². The molecule has 0 aromatic carbocycles. The van der Waals surface area contributed by atoms with E-state index in [4.69, 9.17) is 0 Å². The third-order valence-electron chi connectivity index (χ3n) is 5.88. The van der Waals surface area contributed by atoms with Gasteiger partial charge in [0.15, 0.2) is 5.78 Å². The van der Waals surface area contributed by atoms with Crippen molar-refractivity contribution in [3.63, 3.8) is 0 Å². The quantitative estimate of drug-likeness (QED) is 0.497. The highest BCUT2D eigenvalue weighted by Gasteiger charge is 2.53. The number of carbonyl (C=O) groups excluding carboxylic acids is 2. The highest BCUT2D eigenvalue weighted by atomic mass is 16.1. The lowest BCUT2D eigenvalue weighted by atomic mass is 9.68. The van der Waals surface area contributed by atoms with E-state index in [0.29, 0.717) is 23.5 Å². The van der Waals surface area contributed by atoms with Crippen molar-refractivity contribution in [1.29, 1.82) is 0 Å². The first kappa shape index (κ1) is 20.3. The summed E-state index contributed by atoms with van der Waals surface area (Å²) in [5, 5.41) is 0. The molecule has 2 nitrogen and oxygen atoms in total. The molecule has 2 heteroatoms. The lowest BCUT2D eigenvalue weighted by Crippen LogP contribution is -2.36. The summed E-state index contributed by atoms with van der Waals surface area (Å²) >= 11 is 0. The van der Waals surface area contributed by atoms with E-state index in [-0.39, 0.29) is 11.2 Å². The van der Waals surface area contributed by atoms with Gasteiger partial charge in [-0.3, -0.25) is 9.59 Å². The Balaban J connectivity index is 0.000000204. The van der Waals surface area contributed by atoms with Gasteiger partial charge in [0.2, 0.25) is 0 Å². The molecule has 4 unspecified atom stereocenters. The van der Waals surface area contributed by atoms with Gasteiger partial charge in [0, 0.05) is 5.41 Å². The smallest absolute Gasteiger partial charge is 0.155 e. The van der Waals surface area contributed by atoms with E-state index in [0.717, 1.165) is 12.0 Å². The molecule has 132 valence electrons. The van der Waals surface area contributed by atoms with Crippen molar-refractivity contribution in [3.8, 4) is 0 Å². The van der Waals surface area contributed by atoms with Crippen LogP contribution in [0.15, 0.2) is 48.1 Å². The van der Waals surface area contributed by atoms with Gasteiger partial charge < -0.3 is 0 Å². The van der Waals surface area contributed by atoms with Crippen molar-refractivity contribution < 1.29 is 9.59 Å². The van der Waals surface area contributed by atoms with Gasteiger partial charge in [0.1, 0.15) is 5.78 Å². The standard InChI is InChI=1S/C11H16O.C6H10O.C5H6/c1-7-9-4-5-10(6-9)11(7,3)8(2)12;1-4-5(2)6(3)7;1-2-4-5-3-1/h4-5,7,9-10H,6H2,1-3H3;4H,1-3H3;1-4H,5H2/b;5-4-;. The second-order valence-electron chi connectivity index (χ2n) is 7.14. The van der Waals surface area contributed by atoms with Gasteiger partial charge in [-0.05, 0) is 63.9 Å². The van der Waals surface area contributed by atoms with E-state index < -0.39 is 0 Å². The summed E-state index contributed by atoms with van der Waals surface area (Å²) in [6, 6.07) is 0. The molecule has 0 heterocycles. The van der Waals surface area contributed by atoms with Crippen LogP contribution in [0.4, 0.5) is 0 Å². The molecule has 0 spiro atoms. The Kier molecular flexibility index (Phi) is 7.59. The highest BCUT2D eigenvalue weighted by molar-refractivity contribution is 5.92. The van der Waals surface area contributed by atoms with Crippen LogP contribution in [0.3, 0.4) is 0 Å². The minimum absolute atomic E-state index is 0.0561. The summed E-state index contributed by atoms with van der Waals surface area (Å²) in [5.74, 6) is 2.26. The third-order valence-corrected chi connectivity index (χ3v) is 5.88. The van der Waals surface area contributed by atoms with Crippen LogP contribution < -0.4 is 0 Å². The van der Waals surface area contributed by atoms with Crippen molar-refractivity contribution in [2.45, 2.75) is 54.4 Å². The Labute approximate surface area is 147 Å². The van der Waals surface area contributed by atoms with Gasteiger partial charge >= 0.3 is 0 Å². The topological polar surface area (TPSA) is 34.1 Å². The van der Waals surface area contributed by atoms with Crippen molar-refractivity contribution >= 4 is 11.6 Å². The largest absolute Gasteiger partial charge is 0.299 e. The van der Waals surface area contributed by atoms with Crippen molar-refractivity contribution in [3.05, 3.63) is 48.1 Å². The molecule has 0 radical (unpaired) electrons. The fraction of sp³-hybridized carbons (Fsp3) is 0.545. The molecule has 0 N–H and O–H groups in total. The Bertz CT molecular complexity index is 567. The number of hydrogen-bond donors (Lipinski definition) is 0. The minimum atomic E-state index is -0.0561. The first-order valence-electron chi connectivity index (χ1n) is 8.90. The second kappa shape index (κ2) is 8.96. The molecule has 4 atom stereocenters. The number of carbonyl (C=O) groups is 2. The molecule has 0 amide bonds. The predicted octanol–water partition coefficient (Wildman–Crippen LogP) is 5.47. The molecular weight excluding hydrogens is 296 g/mol. The Morgan fingerprint density at radius 2 is 1.67 bits per heavy atom. The van der Waals surface area contributed by atoms with Crippen LogP contribution >= 0.6 is 0 Å². The maximum atomic E-state index is 11.5. The summed E-state index contributed by atoms with van der Waals surface area (Å²) < 4.78 is 0. The van der Waals surface area contributed by atoms with Crippen LogP contribution in [0.25, 0.3) is 0 Å². The Morgan fingerprint density at radius 1 is 1.08 bits per heavy atom. The zero-order valence-electron chi connectivity index (χ0n) is 16.0. The van der Waals surface area contributed by atoms with Gasteiger partial charge in [-0.15, -0.1) is 0 Å². The SMILES string of the molecule is C/C=C(/C)C(C)=O.C1=CCC=C1.CC(=O)C1(C)C2C=CC(C2)C1C. The Hall–Kier alpha value is -1.70. The summed E-state index contributed by atoms with van der Waals surface area (Å²) in [7, 11) is 0. The molecule has 0 aromatic rings. The lowest BCUT2D eigenvalue weighted by molar-refractivity contribution is -0.129. The van der Waals surface area contributed by atoms with Crippen LogP contribution in [0.5, 0.6) is 0 Å². The van der Waals surface area contributed by atoms with Crippen LogP contribution in [0.1, 0.15) is 54.4 Å². The summed E-state index contributed by atoms with van der Waals surface area (Å²) in [5.41, 5.74) is 0.777. The van der Waals surface area contributed by atoms with Crippen LogP contribution in [0.2, 0.25) is 0 Å². The fourth-order valence-electron chi connectivity index (χ4n) is 3.50. The van der Waals surface area contributed by atoms with Crippen molar-refractivity contribution in [2.24, 2.45) is 23.2 Å². The average molecular weight is 328 g/mol. The van der Waals surface area contributed by atoms with E-state index in [1.165, 1.54) is 6.42 Å². The van der Waals surface area contributed by atoms with Crippen LogP contribution in [-0.4, -0.2) is 11.6 Å². The summed E-state index contributed by atoms with van der Waals surface area (Å²) in [4.78, 5) is 21.8. The molecular formula is C22H32O2. The summed E-state index contributed by atoms with van der Waals surface area (Å²) in [6.07, 6.45) is 17.0. The van der Waals surface area contributed by atoms with Gasteiger partial charge in [0.05, 0.1) is 0 Å². The highest BCUT2D eigenvalue weighted by Crippen LogP contribution is 2.56. The fourth-order valence-corrected chi connectivity index (χ4v) is 3.50. The van der Waals surface area contributed by atoms with Crippen molar-refractivity contribution in [2.75, 3.05) is 0 Å². The number of hydrogen-bond acceptors (Lipinski definition) is 2. The molecule has 0 aromatic heterocycles. The van der Waals surface area contributed by atoms with E-state index in [1.54, 1.807) is 13.8 Å². The number of rotatable bonds is 2. The molecule has 24 heavy (non-hydrogen) atoms. The molecule has 0 saturated heterocycles. The second-order valence-corrected chi connectivity index (χ2v) is 7.14. The lowest BCUT2D eigenvalue weighted by Gasteiger charge is -2.34. The van der Waals surface area contributed by atoms with E-state index in [2.05, 4.69) is 50.3 Å².